The average molecular weight is 558 g/mol. The summed E-state index contributed by atoms with van der Waals surface area (Å²) in [4.78, 5) is 37.3. The molecule has 10 nitrogen and oxygen atoms in total. The minimum absolute atomic E-state index is 0.0915. The molecule has 2 aromatic carbocycles. The normalized spacial score (nSPS) is 11.5. The Morgan fingerprint density at radius 1 is 1.05 bits per heavy atom. The zero-order valence-corrected chi connectivity index (χ0v) is 23.4. The summed E-state index contributed by atoms with van der Waals surface area (Å²) in [6, 6.07) is 13.1. The number of hydrogen-bond acceptors (Lipinski definition) is 9. The van der Waals surface area contributed by atoms with E-state index in [1.54, 1.807) is 67.4 Å². The van der Waals surface area contributed by atoms with E-state index in [2.05, 4.69) is 20.8 Å². The third-order valence-electron chi connectivity index (χ3n) is 5.54. The van der Waals surface area contributed by atoms with Crippen molar-refractivity contribution in [2.24, 2.45) is 0 Å². The Bertz CT molecular complexity index is 1250. The number of methoxy groups -OCH3 is 2. The van der Waals surface area contributed by atoms with Crippen LogP contribution in [0.3, 0.4) is 0 Å². The lowest BCUT2D eigenvalue weighted by molar-refractivity contribution is -0.113. The maximum absolute atomic E-state index is 13.0. The quantitative estimate of drug-likeness (QED) is 0.237. The number of esters is 1. The zero-order chi connectivity index (χ0) is 27.5. The lowest BCUT2D eigenvalue weighted by Gasteiger charge is -2.19. The molecule has 0 fully saturated rings. The fourth-order valence-electron chi connectivity index (χ4n) is 3.62. The molecule has 1 atom stereocenters. The fourth-order valence-corrected chi connectivity index (χ4v) is 4.90. The molecular formula is C26H31N5O5S2. The summed E-state index contributed by atoms with van der Waals surface area (Å²) in [5, 5.41) is 15.1. The van der Waals surface area contributed by atoms with Crippen LogP contribution in [0.15, 0.2) is 53.7 Å². The Morgan fingerprint density at radius 2 is 1.82 bits per heavy atom. The van der Waals surface area contributed by atoms with Gasteiger partial charge in [0.25, 0.3) is 5.91 Å². The molecule has 0 saturated carbocycles. The lowest BCUT2D eigenvalue weighted by atomic mass is 10.1. The van der Waals surface area contributed by atoms with Gasteiger partial charge in [-0.2, -0.15) is 11.8 Å². The predicted octanol–water partition coefficient (Wildman–Crippen LogP) is 4.05. The maximum Gasteiger partial charge on any atom is 0.337 e. The first-order valence-electron chi connectivity index (χ1n) is 11.9. The molecular weight excluding hydrogens is 526 g/mol. The summed E-state index contributed by atoms with van der Waals surface area (Å²) in [6.07, 6.45) is 2.68. The number of benzene rings is 2. The van der Waals surface area contributed by atoms with E-state index in [4.69, 9.17) is 9.47 Å². The Labute approximate surface area is 230 Å². The molecule has 12 heteroatoms. The Morgan fingerprint density at radius 3 is 2.47 bits per heavy atom. The number of carbonyl (C=O) groups excluding carboxylic acids is 3. The van der Waals surface area contributed by atoms with Crippen LogP contribution in [0.4, 0.5) is 5.69 Å². The lowest BCUT2D eigenvalue weighted by Crippen LogP contribution is -2.31. The molecule has 1 heterocycles. The van der Waals surface area contributed by atoms with Crippen molar-refractivity contribution in [3.8, 4) is 5.75 Å². The van der Waals surface area contributed by atoms with Crippen molar-refractivity contribution < 1.29 is 23.9 Å². The van der Waals surface area contributed by atoms with Crippen LogP contribution >= 0.6 is 23.5 Å². The van der Waals surface area contributed by atoms with Gasteiger partial charge in [0.1, 0.15) is 5.75 Å². The second-order valence-corrected chi connectivity index (χ2v) is 9.96. The van der Waals surface area contributed by atoms with E-state index in [0.717, 1.165) is 5.75 Å². The highest BCUT2D eigenvalue weighted by molar-refractivity contribution is 7.99. The molecule has 202 valence electrons. The molecule has 0 aliphatic heterocycles. The van der Waals surface area contributed by atoms with Crippen molar-refractivity contribution in [3.05, 3.63) is 65.5 Å². The number of ether oxygens (including phenoxy) is 2. The van der Waals surface area contributed by atoms with Crippen LogP contribution < -0.4 is 15.4 Å². The Balaban J connectivity index is 1.69. The SMILES string of the molecule is CCn1c(SCC(=O)Nc2cccc(C(=O)OC)c2)nnc1[C@@H](CCSC)NC(=O)c1ccc(OC)cc1. The van der Waals surface area contributed by atoms with Gasteiger partial charge in [-0.3, -0.25) is 9.59 Å². The second kappa shape index (κ2) is 14.4. The molecule has 0 spiro atoms. The van der Waals surface area contributed by atoms with Crippen LogP contribution in [0.1, 0.15) is 45.9 Å². The fraction of sp³-hybridized carbons (Fsp3) is 0.346. The molecule has 2 amide bonds. The van der Waals surface area contributed by atoms with Crippen LogP contribution in [0.5, 0.6) is 5.75 Å². The standard InChI is InChI=1S/C26H31N5O5S2/c1-5-31-23(21(13-14-37-4)28-24(33)17-9-11-20(35-2)12-10-17)29-30-26(31)38-16-22(32)27-19-8-6-7-18(15-19)25(34)36-3/h6-12,15,21H,5,13-14,16H2,1-4H3,(H,27,32)(H,28,33)/t21-/m1/s1. The molecule has 3 aromatic rings. The summed E-state index contributed by atoms with van der Waals surface area (Å²) in [5.74, 6) is 1.27. The van der Waals surface area contributed by atoms with E-state index in [0.29, 0.717) is 46.5 Å². The largest absolute Gasteiger partial charge is 0.497 e. The minimum Gasteiger partial charge on any atom is -0.497 e. The molecule has 2 N–H and O–H groups in total. The summed E-state index contributed by atoms with van der Waals surface area (Å²) < 4.78 is 11.8. The van der Waals surface area contributed by atoms with Crippen molar-refractivity contribution in [2.45, 2.75) is 31.1 Å². The third kappa shape index (κ3) is 7.75. The van der Waals surface area contributed by atoms with E-state index in [1.807, 2.05) is 17.7 Å². The number of aromatic nitrogens is 3. The predicted molar refractivity (Wildman–Crippen MR) is 149 cm³/mol. The number of amides is 2. The van der Waals surface area contributed by atoms with Gasteiger partial charge in [-0.15, -0.1) is 10.2 Å². The van der Waals surface area contributed by atoms with Gasteiger partial charge in [0, 0.05) is 17.8 Å². The van der Waals surface area contributed by atoms with Gasteiger partial charge in [-0.25, -0.2) is 4.79 Å². The van der Waals surface area contributed by atoms with Crippen molar-refractivity contribution in [1.82, 2.24) is 20.1 Å². The third-order valence-corrected chi connectivity index (χ3v) is 7.15. The first-order chi connectivity index (χ1) is 18.4. The van der Waals surface area contributed by atoms with Crippen molar-refractivity contribution in [2.75, 3.05) is 37.3 Å². The molecule has 0 radical (unpaired) electrons. The van der Waals surface area contributed by atoms with E-state index >= 15 is 0 Å². The monoisotopic (exact) mass is 557 g/mol. The van der Waals surface area contributed by atoms with Gasteiger partial charge in [0.2, 0.25) is 5.91 Å². The van der Waals surface area contributed by atoms with Gasteiger partial charge in [-0.1, -0.05) is 17.8 Å². The molecule has 3 rings (SSSR count). The van der Waals surface area contributed by atoms with Gasteiger partial charge < -0.3 is 24.7 Å². The molecule has 0 unspecified atom stereocenters. The van der Waals surface area contributed by atoms with Crippen LogP contribution in [0.25, 0.3) is 0 Å². The van der Waals surface area contributed by atoms with Crippen LogP contribution in [0.2, 0.25) is 0 Å². The molecule has 0 aliphatic carbocycles. The topological polar surface area (TPSA) is 124 Å². The molecule has 0 aliphatic rings. The van der Waals surface area contributed by atoms with E-state index < -0.39 is 5.97 Å². The minimum atomic E-state index is -0.478. The van der Waals surface area contributed by atoms with Gasteiger partial charge in [0.05, 0.1) is 31.6 Å². The van der Waals surface area contributed by atoms with E-state index in [1.165, 1.54) is 18.9 Å². The number of thioether (sulfide) groups is 2. The number of rotatable bonds is 13. The first kappa shape index (κ1) is 29.1. The highest BCUT2D eigenvalue weighted by atomic mass is 32.2. The number of carbonyl (C=O) groups is 3. The Kier molecular flexibility index (Phi) is 11.0. The van der Waals surface area contributed by atoms with Crippen molar-refractivity contribution >= 4 is 47.0 Å². The van der Waals surface area contributed by atoms with E-state index in [9.17, 15) is 14.4 Å². The molecule has 0 saturated heterocycles. The highest BCUT2D eigenvalue weighted by Gasteiger charge is 2.23. The van der Waals surface area contributed by atoms with E-state index in [-0.39, 0.29) is 23.6 Å². The molecule has 38 heavy (non-hydrogen) atoms. The second-order valence-electron chi connectivity index (χ2n) is 8.03. The molecule has 1 aromatic heterocycles. The first-order valence-corrected chi connectivity index (χ1v) is 14.3. The van der Waals surface area contributed by atoms with Gasteiger partial charge in [-0.05, 0) is 67.8 Å². The summed E-state index contributed by atoms with van der Waals surface area (Å²) in [7, 11) is 2.88. The van der Waals surface area contributed by atoms with Crippen LogP contribution in [0, 0.1) is 0 Å². The number of nitrogens with one attached hydrogen (secondary N) is 2. The van der Waals surface area contributed by atoms with Gasteiger partial charge >= 0.3 is 5.97 Å². The smallest absolute Gasteiger partial charge is 0.337 e. The van der Waals surface area contributed by atoms with Gasteiger partial charge in [0.15, 0.2) is 11.0 Å². The van der Waals surface area contributed by atoms with Crippen LogP contribution in [-0.2, 0) is 16.1 Å². The Hall–Kier alpha value is -3.51. The van der Waals surface area contributed by atoms with Crippen LogP contribution in [-0.4, -0.2) is 64.5 Å². The number of hydrogen-bond donors (Lipinski definition) is 2. The maximum atomic E-state index is 13.0. The van der Waals surface area contributed by atoms with Crippen molar-refractivity contribution in [1.29, 1.82) is 0 Å². The summed E-state index contributed by atoms with van der Waals surface area (Å²) >= 11 is 2.93. The van der Waals surface area contributed by atoms with Crippen molar-refractivity contribution in [3.63, 3.8) is 0 Å². The molecule has 0 bridgehead atoms. The highest BCUT2D eigenvalue weighted by Crippen LogP contribution is 2.24. The summed E-state index contributed by atoms with van der Waals surface area (Å²) in [6.45, 7) is 2.54. The number of anilines is 1. The zero-order valence-electron chi connectivity index (χ0n) is 21.7. The average Bonchev–Trinajstić information content (AvgIpc) is 3.36. The number of nitrogens with zero attached hydrogens (tertiary/aromatic N) is 3. The summed E-state index contributed by atoms with van der Waals surface area (Å²) in [5.41, 5.74) is 1.36.